The van der Waals surface area contributed by atoms with Crippen LogP contribution in [0.2, 0.25) is 0 Å². The van der Waals surface area contributed by atoms with Gasteiger partial charge in [0.25, 0.3) is 0 Å². The van der Waals surface area contributed by atoms with Gasteiger partial charge in [-0.15, -0.1) is 0 Å². The van der Waals surface area contributed by atoms with E-state index in [1.807, 2.05) is 6.92 Å². The van der Waals surface area contributed by atoms with E-state index >= 15 is 0 Å². The van der Waals surface area contributed by atoms with E-state index in [-0.39, 0.29) is 0 Å². The van der Waals surface area contributed by atoms with Gasteiger partial charge >= 0.3 is 5.97 Å². The van der Waals surface area contributed by atoms with Crippen molar-refractivity contribution in [2.45, 2.75) is 26.2 Å². The predicted molar refractivity (Wildman–Crippen MR) is 69.1 cm³/mol. The molecule has 1 unspecified atom stereocenters. The fourth-order valence-electron chi connectivity index (χ4n) is 2.31. The molecule has 1 fully saturated rings. The van der Waals surface area contributed by atoms with Crippen LogP contribution in [0.25, 0.3) is 0 Å². The maximum Gasteiger partial charge on any atom is 0.331 e. The Balaban J connectivity index is 2.21. The van der Waals surface area contributed by atoms with Gasteiger partial charge in [0.2, 0.25) is 0 Å². The lowest BCUT2D eigenvalue weighted by Gasteiger charge is -2.29. The third kappa shape index (κ3) is 5.33. The van der Waals surface area contributed by atoms with Crippen LogP contribution in [0, 0.1) is 5.92 Å². The van der Waals surface area contributed by atoms with Gasteiger partial charge in [0, 0.05) is 18.7 Å². The number of carboxylic acid groups (broad SMARTS) is 1. The minimum Gasteiger partial charge on any atom is -0.478 e. The molecular weight excluding hydrogens is 216 g/mol. The summed E-state index contributed by atoms with van der Waals surface area (Å²) in [5.74, 6) is -0.0937. The normalized spacial score (nSPS) is 22.7. The molecule has 0 aromatic carbocycles. The molecule has 98 valence electrons. The van der Waals surface area contributed by atoms with Crippen molar-refractivity contribution in [3.8, 4) is 0 Å². The van der Waals surface area contributed by atoms with Crippen molar-refractivity contribution in [2.24, 2.45) is 5.92 Å². The molecule has 1 rings (SSSR count). The van der Waals surface area contributed by atoms with E-state index in [0.29, 0.717) is 24.5 Å². The number of piperidine rings is 1. The van der Waals surface area contributed by atoms with Crippen LogP contribution in [0.3, 0.4) is 0 Å². The Kier molecular flexibility index (Phi) is 6.22. The van der Waals surface area contributed by atoms with Crippen molar-refractivity contribution < 1.29 is 9.90 Å². The number of likely N-dealkylation sites (tertiary alicyclic amines) is 1. The highest BCUT2D eigenvalue weighted by atomic mass is 16.4. The Hall–Kier alpha value is -0.870. The summed E-state index contributed by atoms with van der Waals surface area (Å²) < 4.78 is 0. The van der Waals surface area contributed by atoms with E-state index in [4.69, 9.17) is 5.11 Å². The summed E-state index contributed by atoms with van der Waals surface area (Å²) in [6, 6.07) is 0. The first kappa shape index (κ1) is 14.2. The molecule has 0 aromatic rings. The second-order valence-electron chi connectivity index (χ2n) is 4.82. The Morgan fingerprint density at radius 3 is 2.94 bits per heavy atom. The summed E-state index contributed by atoms with van der Waals surface area (Å²) in [6.07, 6.45) is 4.92. The highest BCUT2D eigenvalue weighted by Gasteiger charge is 2.16. The Labute approximate surface area is 104 Å². The van der Waals surface area contributed by atoms with E-state index in [1.165, 1.54) is 19.4 Å². The molecule has 0 saturated carbocycles. The molecule has 4 heteroatoms. The third-order valence-electron chi connectivity index (χ3n) is 3.30. The number of hydrogen-bond donors (Lipinski definition) is 2. The SMILES string of the molecule is CCC(=CCNCC1CCCN(C)C1)C(=O)O. The largest absolute Gasteiger partial charge is 0.478 e. The molecule has 1 saturated heterocycles. The van der Waals surface area contributed by atoms with Crippen molar-refractivity contribution in [3.05, 3.63) is 11.6 Å². The lowest BCUT2D eigenvalue weighted by atomic mass is 9.98. The zero-order valence-corrected chi connectivity index (χ0v) is 10.9. The number of hydrogen-bond acceptors (Lipinski definition) is 3. The highest BCUT2D eigenvalue weighted by molar-refractivity contribution is 5.86. The van der Waals surface area contributed by atoms with Crippen molar-refractivity contribution >= 4 is 5.97 Å². The third-order valence-corrected chi connectivity index (χ3v) is 3.30. The number of nitrogens with one attached hydrogen (secondary N) is 1. The number of nitrogens with zero attached hydrogens (tertiary/aromatic N) is 1. The summed E-state index contributed by atoms with van der Waals surface area (Å²) in [7, 11) is 2.16. The van der Waals surface area contributed by atoms with Crippen molar-refractivity contribution in [2.75, 3.05) is 33.2 Å². The summed E-state index contributed by atoms with van der Waals surface area (Å²) in [5, 5.41) is 12.2. The van der Waals surface area contributed by atoms with Crippen LogP contribution in [-0.4, -0.2) is 49.2 Å². The molecular formula is C13H24N2O2. The molecule has 0 radical (unpaired) electrons. The topological polar surface area (TPSA) is 52.6 Å². The fraction of sp³-hybridized carbons (Fsp3) is 0.769. The van der Waals surface area contributed by atoms with Gasteiger partial charge in [-0.3, -0.25) is 0 Å². The minimum atomic E-state index is -0.799. The van der Waals surface area contributed by atoms with Gasteiger partial charge in [0.05, 0.1) is 0 Å². The molecule has 1 heterocycles. The maximum absolute atomic E-state index is 10.8. The number of rotatable bonds is 6. The summed E-state index contributed by atoms with van der Waals surface area (Å²) in [5.41, 5.74) is 0.498. The van der Waals surface area contributed by atoms with Gasteiger partial charge in [-0.25, -0.2) is 4.79 Å². The molecule has 0 spiro atoms. The van der Waals surface area contributed by atoms with Crippen molar-refractivity contribution in [1.82, 2.24) is 10.2 Å². The molecule has 17 heavy (non-hydrogen) atoms. The van der Waals surface area contributed by atoms with E-state index in [0.717, 1.165) is 13.1 Å². The van der Waals surface area contributed by atoms with Gasteiger partial charge in [0.15, 0.2) is 0 Å². The van der Waals surface area contributed by atoms with Gasteiger partial charge in [-0.2, -0.15) is 0 Å². The maximum atomic E-state index is 10.8. The number of carbonyl (C=O) groups is 1. The van der Waals surface area contributed by atoms with E-state index in [2.05, 4.69) is 17.3 Å². The molecule has 0 amide bonds. The average molecular weight is 240 g/mol. The van der Waals surface area contributed by atoms with Crippen LogP contribution in [0.5, 0.6) is 0 Å². The van der Waals surface area contributed by atoms with Crippen LogP contribution in [-0.2, 0) is 4.79 Å². The second kappa shape index (κ2) is 7.45. The lowest BCUT2D eigenvalue weighted by Crippen LogP contribution is -2.37. The number of carboxylic acids is 1. The molecule has 4 nitrogen and oxygen atoms in total. The first-order chi connectivity index (χ1) is 8.13. The summed E-state index contributed by atoms with van der Waals surface area (Å²) in [6.45, 7) is 5.87. The lowest BCUT2D eigenvalue weighted by molar-refractivity contribution is -0.132. The Morgan fingerprint density at radius 1 is 1.59 bits per heavy atom. The van der Waals surface area contributed by atoms with Crippen LogP contribution in [0.4, 0.5) is 0 Å². The molecule has 0 bridgehead atoms. The van der Waals surface area contributed by atoms with Crippen LogP contribution in [0.1, 0.15) is 26.2 Å². The van der Waals surface area contributed by atoms with Crippen LogP contribution < -0.4 is 5.32 Å². The molecule has 1 aliphatic rings. The van der Waals surface area contributed by atoms with Crippen molar-refractivity contribution in [3.63, 3.8) is 0 Å². The smallest absolute Gasteiger partial charge is 0.331 e. The van der Waals surface area contributed by atoms with Gasteiger partial charge in [0.1, 0.15) is 0 Å². The van der Waals surface area contributed by atoms with Crippen molar-refractivity contribution in [1.29, 1.82) is 0 Å². The van der Waals surface area contributed by atoms with E-state index < -0.39 is 5.97 Å². The standard InChI is InChI=1S/C13H24N2O2/c1-3-12(13(16)17)6-7-14-9-11-5-4-8-15(2)10-11/h6,11,14H,3-5,7-10H2,1-2H3,(H,16,17). The van der Waals surface area contributed by atoms with E-state index in [1.54, 1.807) is 6.08 Å². The number of aliphatic carboxylic acids is 1. The summed E-state index contributed by atoms with van der Waals surface area (Å²) >= 11 is 0. The molecule has 1 atom stereocenters. The molecule has 2 N–H and O–H groups in total. The van der Waals surface area contributed by atoms with Gasteiger partial charge in [-0.1, -0.05) is 13.0 Å². The second-order valence-corrected chi connectivity index (χ2v) is 4.82. The van der Waals surface area contributed by atoms with Gasteiger partial charge in [-0.05, 0) is 45.3 Å². The van der Waals surface area contributed by atoms with Gasteiger partial charge < -0.3 is 15.3 Å². The minimum absolute atomic E-state index is 0.498. The summed E-state index contributed by atoms with van der Waals surface area (Å²) in [4.78, 5) is 13.1. The zero-order chi connectivity index (χ0) is 12.7. The Bertz CT molecular complexity index is 277. The molecule has 0 aromatic heterocycles. The zero-order valence-electron chi connectivity index (χ0n) is 10.9. The quantitative estimate of drug-likeness (QED) is 0.543. The molecule has 1 aliphatic heterocycles. The van der Waals surface area contributed by atoms with Crippen LogP contribution in [0.15, 0.2) is 11.6 Å². The first-order valence-corrected chi connectivity index (χ1v) is 6.45. The first-order valence-electron chi connectivity index (χ1n) is 6.45. The Morgan fingerprint density at radius 2 is 2.35 bits per heavy atom. The monoisotopic (exact) mass is 240 g/mol. The highest BCUT2D eigenvalue weighted by Crippen LogP contribution is 2.13. The predicted octanol–water partition coefficient (Wildman–Crippen LogP) is 1.34. The fourth-order valence-corrected chi connectivity index (χ4v) is 2.31. The molecule has 0 aliphatic carbocycles. The average Bonchev–Trinajstić information content (AvgIpc) is 2.28. The van der Waals surface area contributed by atoms with Crippen LogP contribution >= 0.6 is 0 Å². The van der Waals surface area contributed by atoms with E-state index in [9.17, 15) is 4.79 Å².